The third-order valence-electron chi connectivity index (χ3n) is 13.8. The van der Waals surface area contributed by atoms with E-state index in [1.807, 2.05) is 0 Å². The van der Waals surface area contributed by atoms with Crippen molar-refractivity contribution in [2.24, 2.45) is 0 Å². The summed E-state index contributed by atoms with van der Waals surface area (Å²) in [6.07, 6.45) is 64.8. The SMILES string of the molecule is CCCCCCCC/C=C\CCCCCCCC(=O)OCCCCCCCCCCCCCC(=O)NC(CO)C(O)CCCCCCCCCCCCCCCCCCCCCCCC. The van der Waals surface area contributed by atoms with E-state index in [4.69, 9.17) is 4.74 Å². The van der Waals surface area contributed by atoms with Crippen molar-refractivity contribution in [2.75, 3.05) is 13.2 Å². The first-order chi connectivity index (χ1) is 32.0. The molecule has 0 bridgehead atoms. The Hall–Kier alpha value is -1.40. The smallest absolute Gasteiger partial charge is 0.305 e. The summed E-state index contributed by atoms with van der Waals surface area (Å²) in [7, 11) is 0. The van der Waals surface area contributed by atoms with Gasteiger partial charge in [0.2, 0.25) is 5.91 Å². The minimum absolute atomic E-state index is 0.0203. The van der Waals surface area contributed by atoms with Crippen LogP contribution < -0.4 is 5.32 Å². The highest BCUT2D eigenvalue weighted by Gasteiger charge is 2.20. The summed E-state index contributed by atoms with van der Waals surface area (Å²) >= 11 is 0. The van der Waals surface area contributed by atoms with Crippen LogP contribution in [0.5, 0.6) is 0 Å². The number of aliphatic hydroxyl groups is 2. The molecule has 0 aliphatic rings. The van der Waals surface area contributed by atoms with Crippen LogP contribution in [0.2, 0.25) is 0 Å². The molecular formula is C59H115NO5. The van der Waals surface area contributed by atoms with Crippen LogP contribution in [0.1, 0.15) is 328 Å². The van der Waals surface area contributed by atoms with Crippen molar-refractivity contribution >= 4 is 11.9 Å². The second kappa shape index (κ2) is 55.2. The van der Waals surface area contributed by atoms with Crippen LogP contribution in [0, 0.1) is 0 Å². The van der Waals surface area contributed by atoms with Crippen molar-refractivity contribution in [3.05, 3.63) is 12.2 Å². The van der Waals surface area contributed by atoms with Crippen LogP contribution in [0.25, 0.3) is 0 Å². The highest BCUT2D eigenvalue weighted by atomic mass is 16.5. The van der Waals surface area contributed by atoms with Gasteiger partial charge in [-0.25, -0.2) is 0 Å². The first kappa shape index (κ1) is 63.6. The van der Waals surface area contributed by atoms with Gasteiger partial charge in [0.15, 0.2) is 0 Å². The van der Waals surface area contributed by atoms with E-state index >= 15 is 0 Å². The molecule has 0 spiro atoms. The number of hydrogen-bond acceptors (Lipinski definition) is 5. The number of aliphatic hydroxyl groups excluding tert-OH is 2. The van der Waals surface area contributed by atoms with E-state index < -0.39 is 12.1 Å². The van der Waals surface area contributed by atoms with Gasteiger partial charge >= 0.3 is 5.97 Å². The first-order valence-electron chi connectivity index (χ1n) is 29.4. The molecule has 3 N–H and O–H groups in total. The molecule has 0 heterocycles. The third-order valence-corrected chi connectivity index (χ3v) is 13.8. The largest absolute Gasteiger partial charge is 0.466 e. The maximum absolute atomic E-state index is 12.5. The van der Waals surface area contributed by atoms with Gasteiger partial charge in [0.1, 0.15) is 0 Å². The Kier molecular flexibility index (Phi) is 54.0. The molecule has 0 rings (SSSR count). The first-order valence-corrected chi connectivity index (χ1v) is 29.4. The number of ether oxygens (including phenoxy) is 1. The number of hydrogen-bond donors (Lipinski definition) is 3. The van der Waals surface area contributed by atoms with Gasteiger partial charge in [0, 0.05) is 12.8 Å². The lowest BCUT2D eigenvalue weighted by Crippen LogP contribution is -2.45. The van der Waals surface area contributed by atoms with Gasteiger partial charge in [-0.05, 0) is 51.4 Å². The van der Waals surface area contributed by atoms with Crippen molar-refractivity contribution in [1.29, 1.82) is 0 Å². The summed E-state index contributed by atoms with van der Waals surface area (Å²) < 4.78 is 5.46. The van der Waals surface area contributed by atoms with Gasteiger partial charge in [-0.2, -0.15) is 0 Å². The summed E-state index contributed by atoms with van der Waals surface area (Å²) in [4.78, 5) is 24.6. The van der Waals surface area contributed by atoms with Gasteiger partial charge in [0.25, 0.3) is 0 Å². The second-order valence-electron chi connectivity index (χ2n) is 20.3. The van der Waals surface area contributed by atoms with Crippen LogP contribution in [-0.2, 0) is 14.3 Å². The molecular weight excluding hydrogens is 803 g/mol. The predicted molar refractivity (Wildman–Crippen MR) is 283 cm³/mol. The van der Waals surface area contributed by atoms with Gasteiger partial charge in [0.05, 0.1) is 25.4 Å². The molecule has 2 unspecified atom stereocenters. The molecule has 6 heteroatoms. The fourth-order valence-corrected chi connectivity index (χ4v) is 9.28. The Morgan fingerprint density at radius 1 is 0.415 bits per heavy atom. The monoisotopic (exact) mass is 918 g/mol. The number of nitrogens with one attached hydrogen (secondary N) is 1. The van der Waals surface area contributed by atoms with Crippen molar-refractivity contribution in [2.45, 2.75) is 341 Å². The van der Waals surface area contributed by atoms with E-state index in [-0.39, 0.29) is 18.5 Å². The van der Waals surface area contributed by atoms with Crippen LogP contribution in [0.4, 0.5) is 0 Å². The van der Waals surface area contributed by atoms with Gasteiger partial charge in [-0.3, -0.25) is 9.59 Å². The van der Waals surface area contributed by atoms with Crippen LogP contribution in [0.3, 0.4) is 0 Å². The lowest BCUT2D eigenvalue weighted by molar-refractivity contribution is -0.143. The summed E-state index contributed by atoms with van der Waals surface area (Å²) in [6, 6.07) is -0.556. The van der Waals surface area contributed by atoms with E-state index in [1.165, 1.54) is 238 Å². The molecule has 0 aliphatic heterocycles. The molecule has 65 heavy (non-hydrogen) atoms. The molecule has 2 atom stereocenters. The molecule has 0 fully saturated rings. The Labute approximate surface area is 406 Å². The summed E-state index contributed by atoms with van der Waals surface area (Å²) in [6.45, 7) is 4.93. The third kappa shape index (κ3) is 51.8. The molecule has 6 nitrogen and oxygen atoms in total. The minimum Gasteiger partial charge on any atom is -0.466 e. The fourth-order valence-electron chi connectivity index (χ4n) is 9.28. The number of rotatable bonds is 55. The van der Waals surface area contributed by atoms with Crippen molar-refractivity contribution in [3.8, 4) is 0 Å². The van der Waals surface area contributed by atoms with Gasteiger partial charge in [-0.1, -0.05) is 276 Å². The number of unbranched alkanes of at least 4 members (excludes halogenated alkanes) is 42. The lowest BCUT2D eigenvalue weighted by atomic mass is 10.0. The molecule has 0 radical (unpaired) electrons. The molecule has 0 aromatic carbocycles. The average Bonchev–Trinajstić information content (AvgIpc) is 3.31. The topological polar surface area (TPSA) is 95.9 Å². The minimum atomic E-state index is -0.677. The van der Waals surface area contributed by atoms with E-state index in [9.17, 15) is 19.8 Å². The van der Waals surface area contributed by atoms with E-state index in [2.05, 4.69) is 31.3 Å². The molecule has 0 saturated carbocycles. The normalized spacial score (nSPS) is 12.6. The fraction of sp³-hybridized carbons (Fsp3) is 0.932. The number of carbonyl (C=O) groups excluding carboxylic acids is 2. The van der Waals surface area contributed by atoms with Crippen LogP contribution in [0.15, 0.2) is 12.2 Å². The van der Waals surface area contributed by atoms with Crippen molar-refractivity contribution < 1.29 is 24.5 Å². The zero-order valence-corrected chi connectivity index (χ0v) is 44.0. The molecule has 0 aromatic rings. The molecule has 1 amide bonds. The highest BCUT2D eigenvalue weighted by molar-refractivity contribution is 5.76. The molecule has 0 aromatic heterocycles. The Bertz CT molecular complexity index is 970. The lowest BCUT2D eigenvalue weighted by Gasteiger charge is -2.22. The summed E-state index contributed by atoms with van der Waals surface area (Å²) in [5.74, 6) is -0.0709. The van der Waals surface area contributed by atoms with Gasteiger partial charge < -0.3 is 20.3 Å². The summed E-state index contributed by atoms with van der Waals surface area (Å²) in [5, 5.41) is 23.3. The quantitative estimate of drug-likeness (QED) is 0.0321. The maximum atomic E-state index is 12.5. The predicted octanol–water partition coefficient (Wildman–Crippen LogP) is 18.1. The highest BCUT2D eigenvalue weighted by Crippen LogP contribution is 2.18. The maximum Gasteiger partial charge on any atom is 0.305 e. The average molecular weight is 919 g/mol. The Balaban J connectivity index is 3.45. The number of esters is 1. The van der Waals surface area contributed by atoms with Gasteiger partial charge in [-0.15, -0.1) is 0 Å². The number of amides is 1. The van der Waals surface area contributed by atoms with E-state index in [0.717, 1.165) is 57.8 Å². The molecule has 0 aliphatic carbocycles. The second-order valence-corrected chi connectivity index (χ2v) is 20.3. The van der Waals surface area contributed by atoms with Crippen LogP contribution >= 0.6 is 0 Å². The Morgan fingerprint density at radius 3 is 1.09 bits per heavy atom. The zero-order chi connectivity index (χ0) is 47.2. The molecule has 0 saturated heterocycles. The number of carbonyl (C=O) groups is 2. The standard InChI is InChI=1S/C59H115NO5/c1-3-5-7-9-11-13-15-17-19-20-21-22-23-24-25-27-28-31-35-39-43-47-51-57(62)56(55-61)60-58(63)52-48-44-40-36-32-30-34-38-42-46-50-54-65-59(64)53-49-45-41-37-33-29-26-18-16-14-12-10-8-6-4-2/h18,26,56-57,61-62H,3-17,19-25,27-55H2,1-2H3,(H,60,63)/b26-18-. The van der Waals surface area contributed by atoms with Crippen molar-refractivity contribution in [1.82, 2.24) is 5.32 Å². The van der Waals surface area contributed by atoms with Crippen LogP contribution in [-0.4, -0.2) is 47.4 Å². The van der Waals surface area contributed by atoms with Crippen molar-refractivity contribution in [3.63, 3.8) is 0 Å². The van der Waals surface area contributed by atoms with E-state index in [1.54, 1.807) is 0 Å². The van der Waals surface area contributed by atoms with E-state index in [0.29, 0.717) is 25.9 Å². The number of allylic oxidation sites excluding steroid dienone is 2. The molecule has 386 valence electrons. The zero-order valence-electron chi connectivity index (χ0n) is 44.0. The summed E-state index contributed by atoms with van der Waals surface area (Å²) in [5.41, 5.74) is 0. The Morgan fingerprint density at radius 2 is 0.723 bits per heavy atom.